The van der Waals surface area contributed by atoms with Gasteiger partial charge < -0.3 is 14.8 Å². The third-order valence-corrected chi connectivity index (χ3v) is 5.89. The Morgan fingerprint density at radius 2 is 1.77 bits per heavy atom. The van der Waals surface area contributed by atoms with Crippen LogP contribution in [0.2, 0.25) is 0 Å². The van der Waals surface area contributed by atoms with Gasteiger partial charge in [-0.1, -0.05) is 30.3 Å². The average molecular weight is 422 g/mol. The molecule has 0 atom stereocenters. The van der Waals surface area contributed by atoms with Crippen molar-refractivity contribution in [2.45, 2.75) is 38.6 Å². The number of rotatable bonds is 5. The molecule has 3 aromatic rings. The Labute approximate surface area is 181 Å². The fraction of sp³-hybridized carbons (Fsp3) is 0.348. The van der Waals surface area contributed by atoms with Gasteiger partial charge in [0.2, 0.25) is 0 Å². The molecule has 2 heterocycles. The predicted molar refractivity (Wildman–Crippen MR) is 122 cm³/mol. The molecule has 0 radical (unpaired) electrons. The maximum Gasteiger partial charge on any atom is 0.255 e. The number of nitrogens with zero attached hydrogens (tertiary/aromatic N) is 3. The summed E-state index contributed by atoms with van der Waals surface area (Å²) in [5, 5.41) is 10.8. The molecule has 30 heavy (non-hydrogen) atoms. The Kier molecular flexibility index (Phi) is 5.99. The van der Waals surface area contributed by atoms with Gasteiger partial charge in [-0.25, -0.2) is 0 Å². The third-order valence-electron chi connectivity index (χ3n) is 5.61. The number of likely N-dealkylation sites (tertiary alicyclic amines) is 1. The monoisotopic (exact) mass is 421 g/mol. The fourth-order valence-corrected chi connectivity index (χ4v) is 4.42. The number of benzene rings is 2. The van der Waals surface area contributed by atoms with Gasteiger partial charge in [0.05, 0.1) is 11.3 Å². The molecule has 2 aromatic carbocycles. The smallest absolute Gasteiger partial charge is 0.255 e. The number of aromatic amines is 1. The largest absolute Gasteiger partial charge is 0.355 e. The van der Waals surface area contributed by atoms with Crippen molar-refractivity contribution >= 4 is 29.5 Å². The van der Waals surface area contributed by atoms with E-state index in [-0.39, 0.29) is 11.9 Å². The standard InChI is InChI=1S/C23H27N5OS/c1-16(2)28-21(25-26-23(28)30)17-12-14-27(15-13-17)22(29)19-10-6-7-11-20(19)24-18-8-4-3-5-9-18/h3-11,16-17,24H,12-15H2,1-2H3,(H,26,30). The molecule has 1 aliphatic heterocycles. The van der Waals surface area contributed by atoms with Crippen LogP contribution in [0.3, 0.4) is 0 Å². The number of anilines is 2. The summed E-state index contributed by atoms with van der Waals surface area (Å²) in [6, 6.07) is 17.9. The Hall–Kier alpha value is -2.93. The van der Waals surface area contributed by atoms with Gasteiger partial charge in [0, 0.05) is 30.7 Å². The zero-order valence-electron chi connectivity index (χ0n) is 17.3. The predicted octanol–water partition coefficient (Wildman–Crippen LogP) is 5.28. The van der Waals surface area contributed by atoms with Crippen molar-refractivity contribution in [1.29, 1.82) is 0 Å². The van der Waals surface area contributed by atoms with Crippen molar-refractivity contribution in [3.63, 3.8) is 0 Å². The van der Waals surface area contributed by atoms with Crippen LogP contribution in [0.25, 0.3) is 0 Å². The zero-order chi connectivity index (χ0) is 21.1. The Bertz CT molecular complexity index is 1060. The second-order valence-corrected chi connectivity index (χ2v) is 8.34. The minimum Gasteiger partial charge on any atom is -0.355 e. The molecule has 4 rings (SSSR count). The molecule has 0 bridgehead atoms. The Morgan fingerprint density at radius 1 is 1.10 bits per heavy atom. The van der Waals surface area contributed by atoms with Crippen LogP contribution in [0, 0.1) is 4.77 Å². The first kappa shape index (κ1) is 20.3. The number of carbonyl (C=O) groups excluding carboxylic acids is 1. The lowest BCUT2D eigenvalue weighted by atomic mass is 9.95. The highest BCUT2D eigenvalue weighted by Crippen LogP contribution is 2.30. The number of hydrogen-bond donors (Lipinski definition) is 2. The molecule has 6 nitrogen and oxygen atoms in total. The summed E-state index contributed by atoms with van der Waals surface area (Å²) in [5.74, 6) is 1.38. The van der Waals surface area contributed by atoms with Gasteiger partial charge in [-0.05, 0) is 63.2 Å². The van der Waals surface area contributed by atoms with Gasteiger partial charge in [-0.15, -0.1) is 0 Å². The number of aromatic nitrogens is 3. The summed E-state index contributed by atoms with van der Waals surface area (Å²) in [7, 11) is 0. The summed E-state index contributed by atoms with van der Waals surface area (Å²) in [5.41, 5.74) is 2.49. The number of amides is 1. The van der Waals surface area contributed by atoms with Crippen LogP contribution in [0.5, 0.6) is 0 Å². The summed E-state index contributed by atoms with van der Waals surface area (Å²) < 4.78 is 2.76. The first-order chi connectivity index (χ1) is 14.5. The SMILES string of the molecule is CC(C)n1c(C2CCN(C(=O)c3ccccc3Nc3ccccc3)CC2)n[nH]c1=S. The number of para-hydroxylation sites is 2. The molecular weight excluding hydrogens is 394 g/mol. The number of piperidine rings is 1. The van der Waals surface area contributed by atoms with E-state index in [0.717, 1.165) is 30.0 Å². The first-order valence-electron chi connectivity index (χ1n) is 10.4. The Morgan fingerprint density at radius 3 is 2.47 bits per heavy atom. The van der Waals surface area contributed by atoms with E-state index in [1.165, 1.54) is 0 Å². The van der Waals surface area contributed by atoms with Crippen LogP contribution in [-0.4, -0.2) is 38.7 Å². The van der Waals surface area contributed by atoms with Crippen LogP contribution in [0.15, 0.2) is 54.6 Å². The number of nitrogens with one attached hydrogen (secondary N) is 2. The van der Waals surface area contributed by atoms with E-state index in [4.69, 9.17) is 12.2 Å². The molecule has 0 unspecified atom stereocenters. The van der Waals surface area contributed by atoms with E-state index in [0.29, 0.717) is 29.3 Å². The summed E-state index contributed by atoms with van der Waals surface area (Å²) in [6.45, 7) is 5.65. The lowest BCUT2D eigenvalue weighted by molar-refractivity contribution is 0.0711. The lowest BCUT2D eigenvalue weighted by Gasteiger charge is -2.32. The summed E-state index contributed by atoms with van der Waals surface area (Å²) in [6.07, 6.45) is 1.76. The normalized spacial score (nSPS) is 14.8. The highest BCUT2D eigenvalue weighted by Gasteiger charge is 2.29. The average Bonchev–Trinajstić information content (AvgIpc) is 3.16. The highest BCUT2D eigenvalue weighted by atomic mass is 32.1. The first-order valence-corrected chi connectivity index (χ1v) is 10.8. The van der Waals surface area contributed by atoms with Crippen LogP contribution in [-0.2, 0) is 0 Å². The maximum atomic E-state index is 13.3. The molecule has 1 fully saturated rings. The van der Waals surface area contributed by atoms with Crippen molar-refractivity contribution in [3.8, 4) is 0 Å². The van der Waals surface area contributed by atoms with Crippen molar-refractivity contribution in [2.75, 3.05) is 18.4 Å². The molecule has 1 saturated heterocycles. The van der Waals surface area contributed by atoms with Crippen molar-refractivity contribution in [2.24, 2.45) is 0 Å². The molecular formula is C23H27N5OS. The number of H-pyrrole nitrogens is 1. The molecule has 0 aliphatic carbocycles. The highest BCUT2D eigenvalue weighted by molar-refractivity contribution is 7.71. The van der Waals surface area contributed by atoms with Crippen molar-refractivity contribution in [3.05, 3.63) is 70.8 Å². The minimum atomic E-state index is 0.0650. The van der Waals surface area contributed by atoms with E-state index in [9.17, 15) is 4.79 Å². The zero-order valence-corrected chi connectivity index (χ0v) is 18.2. The van der Waals surface area contributed by atoms with E-state index in [1.807, 2.05) is 59.5 Å². The molecule has 1 aliphatic rings. The van der Waals surface area contributed by atoms with Crippen LogP contribution >= 0.6 is 12.2 Å². The fourth-order valence-electron chi connectivity index (χ4n) is 4.07. The van der Waals surface area contributed by atoms with Crippen LogP contribution in [0.1, 0.15) is 54.8 Å². The quantitative estimate of drug-likeness (QED) is 0.550. The van der Waals surface area contributed by atoms with Crippen molar-refractivity contribution < 1.29 is 4.79 Å². The maximum absolute atomic E-state index is 13.3. The van der Waals surface area contributed by atoms with Gasteiger partial charge in [-0.2, -0.15) is 5.10 Å². The summed E-state index contributed by atoms with van der Waals surface area (Å²) in [4.78, 5) is 15.2. The molecule has 2 N–H and O–H groups in total. The van der Waals surface area contributed by atoms with E-state index >= 15 is 0 Å². The molecule has 0 spiro atoms. The topological polar surface area (TPSA) is 66.0 Å². The van der Waals surface area contributed by atoms with Gasteiger partial charge >= 0.3 is 0 Å². The summed E-state index contributed by atoms with van der Waals surface area (Å²) >= 11 is 5.39. The van der Waals surface area contributed by atoms with Crippen molar-refractivity contribution in [1.82, 2.24) is 19.7 Å². The molecule has 156 valence electrons. The van der Waals surface area contributed by atoms with Gasteiger partial charge in [0.1, 0.15) is 5.82 Å². The number of hydrogen-bond acceptors (Lipinski definition) is 4. The second kappa shape index (κ2) is 8.83. The van der Waals surface area contributed by atoms with Crippen LogP contribution in [0.4, 0.5) is 11.4 Å². The van der Waals surface area contributed by atoms with Gasteiger partial charge in [-0.3, -0.25) is 9.89 Å². The lowest BCUT2D eigenvalue weighted by Crippen LogP contribution is -2.38. The molecule has 1 aromatic heterocycles. The van der Waals surface area contributed by atoms with Crippen LogP contribution < -0.4 is 5.32 Å². The molecule has 0 saturated carbocycles. The molecule has 7 heteroatoms. The van der Waals surface area contributed by atoms with Gasteiger partial charge in [0.25, 0.3) is 5.91 Å². The third kappa shape index (κ3) is 4.16. The number of carbonyl (C=O) groups is 1. The van der Waals surface area contributed by atoms with E-state index < -0.39 is 0 Å². The second-order valence-electron chi connectivity index (χ2n) is 7.95. The Balaban J connectivity index is 1.47. The van der Waals surface area contributed by atoms with E-state index in [2.05, 4.69) is 33.9 Å². The van der Waals surface area contributed by atoms with E-state index in [1.54, 1.807) is 0 Å². The minimum absolute atomic E-state index is 0.0650. The van der Waals surface area contributed by atoms with Gasteiger partial charge in [0.15, 0.2) is 4.77 Å². The molecule has 1 amide bonds.